The van der Waals surface area contributed by atoms with Crippen molar-refractivity contribution in [1.29, 1.82) is 0 Å². The molecular formula is C17H21F3N4OS. The van der Waals surface area contributed by atoms with Crippen LogP contribution in [0, 0.1) is 0 Å². The third-order valence-electron chi connectivity index (χ3n) is 3.62. The van der Waals surface area contributed by atoms with Gasteiger partial charge in [0.1, 0.15) is 12.2 Å². The summed E-state index contributed by atoms with van der Waals surface area (Å²) in [5.74, 6) is 0.461. The highest BCUT2D eigenvalue weighted by molar-refractivity contribution is 7.07. The summed E-state index contributed by atoms with van der Waals surface area (Å²) in [4.78, 5) is 7.74. The van der Waals surface area contributed by atoms with E-state index >= 15 is 0 Å². The number of hydrogen-bond donors (Lipinski definition) is 2. The van der Waals surface area contributed by atoms with Crippen LogP contribution in [0.15, 0.2) is 40.1 Å². The SMILES string of the molecule is CN=C(NCCOc1ncccc1C(F)(F)F)NCC(C)c1ccsc1. The second-order valence-corrected chi connectivity index (χ2v) is 6.32. The summed E-state index contributed by atoms with van der Waals surface area (Å²) < 4.78 is 43.8. The third kappa shape index (κ3) is 5.91. The van der Waals surface area contributed by atoms with Crippen molar-refractivity contribution in [2.24, 2.45) is 4.99 Å². The Bertz CT molecular complexity index is 704. The zero-order valence-corrected chi connectivity index (χ0v) is 15.3. The average molecular weight is 386 g/mol. The fraction of sp³-hybridized carbons (Fsp3) is 0.412. The number of pyridine rings is 1. The molecular weight excluding hydrogens is 365 g/mol. The van der Waals surface area contributed by atoms with E-state index in [2.05, 4.69) is 39.0 Å². The van der Waals surface area contributed by atoms with E-state index in [4.69, 9.17) is 4.74 Å². The molecule has 0 aromatic carbocycles. The third-order valence-corrected chi connectivity index (χ3v) is 4.32. The summed E-state index contributed by atoms with van der Waals surface area (Å²) in [7, 11) is 1.63. The summed E-state index contributed by atoms with van der Waals surface area (Å²) in [6.07, 6.45) is -3.23. The zero-order chi connectivity index (χ0) is 19.0. The van der Waals surface area contributed by atoms with E-state index in [0.717, 1.165) is 6.07 Å². The van der Waals surface area contributed by atoms with Crippen LogP contribution in [-0.2, 0) is 6.18 Å². The first kappa shape index (κ1) is 20.0. The molecule has 1 unspecified atom stereocenters. The van der Waals surface area contributed by atoms with E-state index in [-0.39, 0.29) is 6.61 Å². The quantitative estimate of drug-likeness (QED) is 0.434. The van der Waals surface area contributed by atoms with Gasteiger partial charge in [0.15, 0.2) is 5.96 Å². The monoisotopic (exact) mass is 386 g/mol. The highest BCUT2D eigenvalue weighted by atomic mass is 32.1. The molecule has 1 atom stereocenters. The molecule has 0 radical (unpaired) electrons. The largest absolute Gasteiger partial charge is 0.475 e. The molecule has 26 heavy (non-hydrogen) atoms. The van der Waals surface area contributed by atoms with Gasteiger partial charge in [0, 0.05) is 19.8 Å². The minimum Gasteiger partial charge on any atom is -0.475 e. The molecule has 5 nitrogen and oxygen atoms in total. The molecule has 0 fully saturated rings. The fourth-order valence-corrected chi connectivity index (χ4v) is 2.96. The molecule has 0 amide bonds. The summed E-state index contributed by atoms with van der Waals surface area (Å²) in [5, 5.41) is 10.3. The Hall–Kier alpha value is -2.29. The van der Waals surface area contributed by atoms with Gasteiger partial charge >= 0.3 is 6.18 Å². The van der Waals surface area contributed by atoms with Crippen molar-refractivity contribution in [2.45, 2.75) is 19.0 Å². The number of nitrogens with zero attached hydrogens (tertiary/aromatic N) is 2. The van der Waals surface area contributed by atoms with Gasteiger partial charge in [-0.05, 0) is 40.4 Å². The molecule has 0 spiro atoms. The van der Waals surface area contributed by atoms with Crippen molar-refractivity contribution < 1.29 is 17.9 Å². The number of ether oxygens (including phenoxy) is 1. The van der Waals surface area contributed by atoms with Crippen LogP contribution in [0.5, 0.6) is 5.88 Å². The summed E-state index contributed by atoms with van der Waals surface area (Å²) in [6.45, 7) is 3.11. The summed E-state index contributed by atoms with van der Waals surface area (Å²) >= 11 is 1.65. The van der Waals surface area contributed by atoms with Gasteiger partial charge in [-0.1, -0.05) is 6.92 Å². The van der Waals surface area contributed by atoms with Crippen LogP contribution >= 0.6 is 11.3 Å². The molecule has 2 rings (SSSR count). The molecule has 0 saturated heterocycles. The molecule has 2 aromatic rings. The standard InChI is InChI=1S/C17H21F3N4OS/c1-12(13-5-9-26-11-13)10-24-16(21-2)23-7-8-25-15-14(17(18,19)20)4-3-6-22-15/h3-6,9,11-12H,7-8,10H2,1-2H3,(H2,21,23,24). The molecule has 142 valence electrons. The first-order valence-electron chi connectivity index (χ1n) is 8.03. The van der Waals surface area contributed by atoms with Crippen LogP contribution in [0.4, 0.5) is 13.2 Å². The number of hydrogen-bond acceptors (Lipinski definition) is 4. The highest BCUT2D eigenvalue weighted by Crippen LogP contribution is 2.34. The van der Waals surface area contributed by atoms with E-state index in [1.165, 1.54) is 17.8 Å². The first-order valence-corrected chi connectivity index (χ1v) is 8.97. The number of halogens is 3. The minimum absolute atomic E-state index is 0.0286. The van der Waals surface area contributed by atoms with Crippen LogP contribution in [-0.4, -0.2) is 37.7 Å². The zero-order valence-electron chi connectivity index (χ0n) is 14.5. The number of rotatable bonds is 7. The van der Waals surface area contributed by atoms with Gasteiger partial charge in [0.2, 0.25) is 5.88 Å². The van der Waals surface area contributed by atoms with Crippen molar-refractivity contribution in [2.75, 3.05) is 26.7 Å². The molecule has 0 saturated carbocycles. The van der Waals surface area contributed by atoms with Gasteiger partial charge in [-0.2, -0.15) is 24.5 Å². The van der Waals surface area contributed by atoms with Crippen molar-refractivity contribution in [3.05, 3.63) is 46.3 Å². The highest BCUT2D eigenvalue weighted by Gasteiger charge is 2.34. The lowest BCUT2D eigenvalue weighted by Gasteiger charge is -2.16. The Morgan fingerprint density at radius 1 is 1.35 bits per heavy atom. The molecule has 2 aromatic heterocycles. The first-order chi connectivity index (χ1) is 12.4. The number of thiophene rings is 1. The minimum atomic E-state index is -4.49. The van der Waals surface area contributed by atoms with Gasteiger partial charge < -0.3 is 15.4 Å². The molecule has 0 aliphatic heterocycles. The predicted octanol–water partition coefficient (Wildman–Crippen LogP) is 3.51. The normalized spacial score (nSPS) is 13.3. The van der Waals surface area contributed by atoms with Gasteiger partial charge in [-0.3, -0.25) is 4.99 Å². The van der Waals surface area contributed by atoms with Crippen LogP contribution in [0.1, 0.15) is 24.0 Å². The topological polar surface area (TPSA) is 58.5 Å². The van der Waals surface area contributed by atoms with Gasteiger partial charge in [0.25, 0.3) is 0 Å². The Kier molecular flexibility index (Phi) is 7.26. The number of aromatic nitrogens is 1. The summed E-state index contributed by atoms with van der Waals surface area (Å²) in [5.41, 5.74) is 0.364. The van der Waals surface area contributed by atoms with E-state index < -0.39 is 17.6 Å². The Morgan fingerprint density at radius 2 is 2.15 bits per heavy atom. The molecule has 0 aliphatic rings. The maximum absolute atomic E-state index is 12.9. The lowest BCUT2D eigenvalue weighted by Crippen LogP contribution is -2.40. The van der Waals surface area contributed by atoms with Crippen molar-refractivity contribution in [3.8, 4) is 5.88 Å². The van der Waals surface area contributed by atoms with Gasteiger partial charge in [-0.15, -0.1) is 0 Å². The number of nitrogens with one attached hydrogen (secondary N) is 2. The smallest absolute Gasteiger partial charge is 0.421 e. The molecule has 9 heteroatoms. The lowest BCUT2D eigenvalue weighted by molar-refractivity contribution is -0.139. The van der Waals surface area contributed by atoms with E-state index in [0.29, 0.717) is 25.0 Å². The van der Waals surface area contributed by atoms with E-state index in [1.807, 2.05) is 5.38 Å². The predicted molar refractivity (Wildman–Crippen MR) is 96.8 cm³/mol. The van der Waals surface area contributed by atoms with E-state index in [9.17, 15) is 13.2 Å². The second kappa shape index (κ2) is 9.42. The van der Waals surface area contributed by atoms with Crippen molar-refractivity contribution in [1.82, 2.24) is 15.6 Å². The Morgan fingerprint density at radius 3 is 2.81 bits per heavy atom. The van der Waals surface area contributed by atoms with Gasteiger partial charge in [0.05, 0.1) is 6.54 Å². The Balaban J connectivity index is 1.76. The van der Waals surface area contributed by atoms with Crippen LogP contribution in [0.25, 0.3) is 0 Å². The maximum Gasteiger partial charge on any atom is 0.421 e. The van der Waals surface area contributed by atoms with Crippen molar-refractivity contribution >= 4 is 17.3 Å². The number of alkyl halides is 3. The van der Waals surface area contributed by atoms with Gasteiger partial charge in [-0.25, -0.2) is 4.98 Å². The maximum atomic E-state index is 12.9. The molecule has 2 heterocycles. The van der Waals surface area contributed by atoms with Crippen molar-refractivity contribution in [3.63, 3.8) is 0 Å². The molecule has 0 bridgehead atoms. The van der Waals surface area contributed by atoms with E-state index in [1.54, 1.807) is 18.4 Å². The molecule has 0 aliphatic carbocycles. The Labute approximate surface area is 154 Å². The summed E-state index contributed by atoms with van der Waals surface area (Å²) in [6, 6.07) is 4.25. The second-order valence-electron chi connectivity index (χ2n) is 5.54. The number of guanidine groups is 1. The lowest BCUT2D eigenvalue weighted by atomic mass is 10.1. The van der Waals surface area contributed by atoms with Crippen LogP contribution in [0.2, 0.25) is 0 Å². The van der Waals surface area contributed by atoms with Crippen LogP contribution < -0.4 is 15.4 Å². The molecule has 2 N–H and O–H groups in total. The number of aliphatic imine (C=N–C) groups is 1. The average Bonchev–Trinajstić information content (AvgIpc) is 3.15. The van der Waals surface area contributed by atoms with Crippen LogP contribution in [0.3, 0.4) is 0 Å². The fourth-order valence-electron chi connectivity index (χ4n) is 2.18.